The minimum Gasteiger partial charge on any atom is -0.484 e. The maximum atomic E-state index is 12.2. The number of aryl methyl sites for hydroxylation is 1. The number of para-hydroxylation sites is 1. The molecule has 0 saturated carbocycles. The van der Waals surface area contributed by atoms with Crippen LogP contribution in [0.2, 0.25) is 0 Å². The minimum absolute atomic E-state index is 0.152. The highest BCUT2D eigenvalue weighted by molar-refractivity contribution is 9.10. The highest BCUT2D eigenvalue weighted by atomic mass is 79.9. The van der Waals surface area contributed by atoms with E-state index in [1.54, 1.807) is 37.4 Å². The minimum atomic E-state index is -0.345. The van der Waals surface area contributed by atoms with Crippen molar-refractivity contribution >= 4 is 33.4 Å². The molecule has 0 aromatic heterocycles. The molecule has 2 aromatic rings. The van der Waals surface area contributed by atoms with E-state index < -0.39 is 0 Å². The van der Waals surface area contributed by atoms with Crippen LogP contribution in [-0.4, -0.2) is 38.7 Å². The van der Waals surface area contributed by atoms with E-state index in [9.17, 15) is 9.59 Å². The van der Waals surface area contributed by atoms with Crippen LogP contribution in [0.4, 0.5) is 5.69 Å². The summed E-state index contributed by atoms with van der Waals surface area (Å²) in [5.41, 5.74) is 1.83. The van der Waals surface area contributed by atoms with Gasteiger partial charge in [-0.15, -0.1) is 0 Å². The van der Waals surface area contributed by atoms with E-state index in [2.05, 4.69) is 26.6 Å². The molecule has 0 aliphatic carbocycles. The molecule has 0 spiro atoms. The maximum absolute atomic E-state index is 12.2. The van der Waals surface area contributed by atoms with Crippen LogP contribution in [0.25, 0.3) is 0 Å². The summed E-state index contributed by atoms with van der Waals surface area (Å²) in [6.45, 7) is 2.60. The number of rotatable bonds is 8. The number of amides is 2. The maximum Gasteiger partial charge on any atom is 0.262 e. The zero-order chi connectivity index (χ0) is 18.9. The smallest absolute Gasteiger partial charge is 0.262 e. The summed E-state index contributed by atoms with van der Waals surface area (Å²) in [5, 5.41) is 5.44. The van der Waals surface area contributed by atoms with Gasteiger partial charge in [-0.3, -0.25) is 9.59 Å². The first-order valence-corrected chi connectivity index (χ1v) is 8.85. The number of nitrogens with one attached hydrogen (secondary N) is 2. The molecule has 0 aliphatic heterocycles. The van der Waals surface area contributed by atoms with Crippen molar-refractivity contribution in [3.63, 3.8) is 0 Å². The average Bonchev–Trinajstić information content (AvgIpc) is 2.63. The quantitative estimate of drug-likeness (QED) is 0.643. The largest absolute Gasteiger partial charge is 0.484 e. The van der Waals surface area contributed by atoms with Crippen LogP contribution >= 0.6 is 15.9 Å². The van der Waals surface area contributed by atoms with Crippen LogP contribution in [0.5, 0.6) is 5.75 Å². The summed E-state index contributed by atoms with van der Waals surface area (Å²) in [5.74, 6) is -0.0171. The Morgan fingerprint density at radius 1 is 1.15 bits per heavy atom. The van der Waals surface area contributed by atoms with Crippen LogP contribution in [0.1, 0.15) is 15.9 Å². The molecule has 7 heteroatoms. The predicted molar refractivity (Wildman–Crippen MR) is 104 cm³/mol. The molecule has 138 valence electrons. The molecule has 0 fully saturated rings. The van der Waals surface area contributed by atoms with Crippen LogP contribution in [0.3, 0.4) is 0 Å². The van der Waals surface area contributed by atoms with Gasteiger partial charge in [0.05, 0.1) is 17.9 Å². The molecule has 26 heavy (non-hydrogen) atoms. The summed E-state index contributed by atoms with van der Waals surface area (Å²) in [4.78, 5) is 24.4. The Morgan fingerprint density at radius 2 is 1.92 bits per heavy atom. The second-order valence-corrected chi connectivity index (χ2v) is 6.40. The first-order valence-electron chi connectivity index (χ1n) is 8.06. The van der Waals surface area contributed by atoms with E-state index in [1.165, 1.54) is 0 Å². The fourth-order valence-electron chi connectivity index (χ4n) is 2.19. The molecular formula is C19H21BrN2O4. The lowest BCUT2D eigenvalue weighted by Gasteiger charge is -2.12. The second-order valence-electron chi connectivity index (χ2n) is 5.54. The van der Waals surface area contributed by atoms with Gasteiger partial charge in [-0.05, 0) is 42.8 Å². The highest BCUT2D eigenvalue weighted by Crippen LogP contribution is 2.21. The van der Waals surface area contributed by atoms with Crippen molar-refractivity contribution in [3.8, 4) is 5.75 Å². The second kappa shape index (κ2) is 9.94. The molecule has 6 nitrogen and oxygen atoms in total. The molecule has 0 unspecified atom stereocenters. The molecule has 0 saturated heterocycles. The Labute approximate surface area is 161 Å². The number of hydrogen-bond acceptors (Lipinski definition) is 4. The van der Waals surface area contributed by atoms with Gasteiger partial charge in [0, 0.05) is 18.1 Å². The number of halogens is 1. The average molecular weight is 421 g/mol. The Balaban J connectivity index is 1.96. The Morgan fingerprint density at radius 3 is 2.65 bits per heavy atom. The number of anilines is 1. The number of carbonyl (C=O) groups excluding carboxylic acids is 2. The van der Waals surface area contributed by atoms with E-state index >= 15 is 0 Å². The zero-order valence-corrected chi connectivity index (χ0v) is 16.3. The molecule has 0 bridgehead atoms. The molecule has 0 aliphatic rings. The Bertz CT molecular complexity index is 780. The number of carbonyl (C=O) groups is 2. The van der Waals surface area contributed by atoms with Crippen molar-refractivity contribution in [2.45, 2.75) is 6.92 Å². The zero-order valence-electron chi connectivity index (χ0n) is 14.7. The van der Waals surface area contributed by atoms with Gasteiger partial charge in [0.2, 0.25) is 0 Å². The van der Waals surface area contributed by atoms with Crippen LogP contribution in [0.15, 0.2) is 46.9 Å². The topological polar surface area (TPSA) is 76.7 Å². The number of hydrogen-bond donors (Lipinski definition) is 2. The summed E-state index contributed by atoms with van der Waals surface area (Å²) in [6.07, 6.45) is 0. The number of benzene rings is 2. The van der Waals surface area contributed by atoms with E-state index in [-0.39, 0.29) is 18.4 Å². The first-order chi connectivity index (χ1) is 12.5. The van der Waals surface area contributed by atoms with Gasteiger partial charge in [0.15, 0.2) is 6.61 Å². The third-order valence-corrected chi connectivity index (χ3v) is 4.43. The lowest BCUT2D eigenvalue weighted by molar-refractivity contribution is -0.118. The van der Waals surface area contributed by atoms with Gasteiger partial charge in [0.25, 0.3) is 11.8 Å². The SMILES string of the molecule is COCCNC(=O)c1ccccc1NC(=O)COc1ccc(Br)c(C)c1. The van der Waals surface area contributed by atoms with Crippen molar-refractivity contribution < 1.29 is 19.1 Å². The molecule has 2 aromatic carbocycles. The molecular weight excluding hydrogens is 400 g/mol. The fourth-order valence-corrected chi connectivity index (χ4v) is 2.44. The van der Waals surface area contributed by atoms with Gasteiger partial charge >= 0.3 is 0 Å². The van der Waals surface area contributed by atoms with Crippen molar-refractivity contribution in [3.05, 3.63) is 58.1 Å². The van der Waals surface area contributed by atoms with Crippen molar-refractivity contribution in [2.75, 3.05) is 32.2 Å². The molecule has 0 atom stereocenters. The van der Waals surface area contributed by atoms with Gasteiger partial charge in [0.1, 0.15) is 5.75 Å². The molecule has 2 rings (SSSR count). The van der Waals surface area contributed by atoms with Gasteiger partial charge in [-0.1, -0.05) is 28.1 Å². The van der Waals surface area contributed by atoms with Gasteiger partial charge < -0.3 is 20.1 Å². The normalized spacial score (nSPS) is 10.3. The summed E-state index contributed by atoms with van der Waals surface area (Å²) >= 11 is 3.42. The molecule has 2 amide bonds. The third kappa shape index (κ3) is 5.86. The monoisotopic (exact) mass is 420 g/mol. The van der Waals surface area contributed by atoms with Gasteiger partial charge in [-0.25, -0.2) is 0 Å². The lowest BCUT2D eigenvalue weighted by Crippen LogP contribution is -2.28. The molecule has 0 heterocycles. The Kier molecular flexibility index (Phi) is 7.62. The third-order valence-electron chi connectivity index (χ3n) is 3.54. The molecule has 0 radical (unpaired) electrons. The number of methoxy groups -OCH3 is 1. The van der Waals surface area contributed by atoms with E-state index in [4.69, 9.17) is 9.47 Å². The van der Waals surface area contributed by atoms with Gasteiger partial charge in [-0.2, -0.15) is 0 Å². The van der Waals surface area contributed by atoms with Crippen molar-refractivity contribution in [2.24, 2.45) is 0 Å². The summed E-state index contributed by atoms with van der Waals surface area (Å²) in [7, 11) is 1.56. The summed E-state index contributed by atoms with van der Waals surface area (Å²) in [6, 6.07) is 12.3. The van der Waals surface area contributed by atoms with Crippen LogP contribution < -0.4 is 15.4 Å². The van der Waals surface area contributed by atoms with E-state index in [0.29, 0.717) is 30.2 Å². The van der Waals surface area contributed by atoms with Crippen molar-refractivity contribution in [1.29, 1.82) is 0 Å². The highest BCUT2D eigenvalue weighted by Gasteiger charge is 2.13. The van der Waals surface area contributed by atoms with E-state index in [0.717, 1.165) is 10.0 Å². The molecule has 2 N–H and O–H groups in total. The summed E-state index contributed by atoms with van der Waals surface area (Å²) < 4.78 is 11.4. The predicted octanol–water partition coefficient (Wildman–Crippen LogP) is 3.15. The first kappa shape index (κ1) is 19.9. The van der Waals surface area contributed by atoms with Crippen LogP contribution in [-0.2, 0) is 9.53 Å². The van der Waals surface area contributed by atoms with E-state index in [1.807, 2.05) is 19.1 Å². The Hall–Kier alpha value is -2.38. The standard InChI is InChI=1S/C19H21BrN2O4/c1-13-11-14(7-8-16(13)20)26-12-18(23)22-17-6-4-3-5-15(17)19(24)21-9-10-25-2/h3-8,11H,9-10,12H2,1-2H3,(H,21,24)(H,22,23). The fraction of sp³-hybridized carbons (Fsp3) is 0.263. The van der Waals surface area contributed by atoms with Crippen molar-refractivity contribution in [1.82, 2.24) is 5.32 Å². The number of ether oxygens (including phenoxy) is 2. The lowest BCUT2D eigenvalue weighted by atomic mass is 10.1. The van der Waals surface area contributed by atoms with Crippen LogP contribution in [0, 0.1) is 6.92 Å².